The normalized spacial score (nSPS) is 10.4. The molecule has 1 rings (SSSR count). The highest BCUT2D eigenvalue weighted by Crippen LogP contribution is 2.26. The fourth-order valence-electron chi connectivity index (χ4n) is 1.84. The minimum absolute atomic E-state index is 0.253. The van der Waals surface area contributed by atoms with Gasteiger partial charge in [0.05, 0.1) is 12.7 Å². The summed E-state index contributed by atoms with van der Waals surface area (Å²) in [5, 5.41) is 0. The number of hydrogen-bond donors (Lipinski definition) is 1. The van der Waals surface area contributed by atoms with Crippen molar-refractivity contribution in [3.05, 3.63) is 41.0 Å². The predicted molar refractivity (Wildman–Crippen MR) is 69.8 cm³/mol. The zero-order chi connectivity index (χ0) is 13.2. The number of esters is 1. The highest BCUT2D eigenvalue weighted by atomic mass is 16.5. The number of carbonyl (C=O) groups excluding carboxylic acids is 1. The Labute approximate surface area is 102 Å². The van der Waals surface area contributed by atoms with Crippen LogP contribution in [-0.2, 0) is 4.74 Å². The lowest BCUT2D eigenvalue weighted by Crippen LogP contribution is -2.10. The SMILES string of the molecule is C=C(N)c1cc(C(=O)OC)c(C(C)C)cc1C. The van der Waals surface area contributed by atoms with Crippen molar-refractivity contribution in [1.29, 1.82) is 0 Å². The summed E-state index contributed by atoms with van der Waals surface area (Å²) in [6.45, 7) is 9.75. The largest absolute Gasteiger partial charge is 0.465 e. The zero-order valence-electron chi connectivity index (χ0n) is 10.8. The molecule has 0 unspecified atom stereocenters. The molecule has 0 heterocycles. The molecular formula is C14H19NO2. The third kappa shape index (κ3) is 2.67. The van der Waals surface area contributed by atoms with Gasteiger partial charge >= 0.3 is 5.97 Å². The molecule has 3 nitrogen and oxygen atoms in total. The van der Waals surface area contributed by atoms with E-state index in [4.69, 9.17) is 10.5 Å². The Morgan fingerprint density at radius 3 is 2.35 bits per heavy atom. The van der Waals surface area contributed by atoms with E-state index in [-0.39, 0.29) is 11.9 Å². The molecular weight excluding hydrogens is 214 g/mol. The number of ether oxygens (including phenoxy) is 1. The van der Waals surface area contributed by atoms with E-state index >= 15 is 0 Å². The lowest BCUT2D eigenvalue weighted by molar-refractivity contribution is 0.0599. The van der Waals surface area contributed by atoms with E-state index < -0.39 is 0 Å². The first-order valence-electron chi connectivity index (χ1n) is 5.56. The topological polar surface area (TPSA) is 52.3 Å². The first-order chi connectivity index (χ1) is 7.88. The van der Waals surface area contributed by atoms with Crippen molar-refractivity contribution in [3.63, 3.8) is 0 Å². The van der Waals surface area contributed by atoms with Gasteiger partial charge in [0.2, 0.25) is 0 Å². The molecule has 0 aliphatic heterocycles. The summed E-state index contributed by atoms with van der Waals surface area (Å²) in [7, 11) is 1.38. The van der Waals surface area contributed by atoms with E-state index in [1.54, 1.807) is 6.07 Å². The summed E-state index contributed by atoms with van der Waals surface area (Å²) in [4.78, 5) is 11.7. The van der Waals surface area contributed by atoms with Crippen molar-refractivity contribution in [2.75, 3.05) is 7.11 Å². The third-order valence-electron chi connectivity index (χ3n) is 2.77. The van der Waals surface area contributed by atoms with Crippen molar-refractivity contribution in [2.24, 2.45) is 5.73 Å². The minimum Gasteiger partial charge on any atom is -0.465 e. The molecule has 0 aromatic heterocycles. The number of carbonyl (C=O) groups is 1. The number of methoxy groups -OCH3 is 1. The second-order valence-electron chi connectivity index (χ2n) is 4.43. The molecule has 17 heavy (non-hydrogen) atoms. The Hall–Kier alpha value is -1.77. The summed E-state index contributed by atoms with van der Waals surface area (Å²) >= 11 is 0. The van der Waals surface area contributed by atoms with Gasteiger partial charge in [-0.25, -0.2) is 4.79 Å². The number of aryl methyl sites for hydroxylation is 1. The van der Waals surface area contributed by atoms with Crippen LogP contribution in [0.3, 0.4) is 0 Å². The van der Waals surface area contributed by atoms with Crippen LogP contribution in [0.15, 0.2) is 18.7 Å². The Bertz CT molecular complexity index is 462. The van der Waals surface area contributed by atoms with Gasteiger partial charge in [0.1, 0.15) is 0 Å². The Kier molecular flexibility index (Phi) is 3.94. The van der Waals surface area contributed by atoms with Crippen molar-refractivity contribution >= 4 is 11.7 Å². The van der Waals surface area contributed by atoms with E-state index in [1.165, 1.54) is 7.11 Å². The second kappa shape index (κ2) is 5.04. The van der Waals surface area contributed by atoms with Crippen LogP contribution in [0.2, 0.25) is 0 Å². The second-order valence-corrected chi connectivity index (χ2v) is 4.43. The highest BCUT2D eigenvalue weighted by molar-refractivity contribution is 5.92. The van der Waals surface area contributed by atoms with E-state index in [9.17, 15) is 4.79 Å². The molecule has 92 valence electrons. The smallest absolute Gasteiger partial charge is 0.338 e. The van der Waals surface area contributed by atoms with Crippen LogP contribution < -0.4 is 5.73 Å². The van der Waals surface area contributed by atoms with Gasteiger partial charge in [0.25, 0.3) is 0 Å². The summed E-state index contributed by atoms with van der Waals surface area (Å²) in [6.07, 6.45) is 0. The van der Waals surface area contributed by atoms with Crippen LogP contribution in [-0.4, -0.2) is 13.1 Å². The van der Waals surface area contributed by atoms with Gasteiger partial charge in [-0.2, -0.15) is 0 Å². The number of nitrogens with two attached hydrogens (primary N) is 1. The molecule has 0 amide bonds. The number of hydrogen-bond acceptors (Lipinski definition) is 3. The molecule has 0 saturated heterocycles. The van der Waals surface area contributed by atoms with E-state index in [1.807, 2.05) is 26.8 Å². The standard InChI is InChI=1S/C14H19NO2/c1-8(2)11-6-9(3)12(10(4)15)7-13(11)14(16)17-5/h6-8H,4,15H2,1-3,5H3. The highest BCUT2D eigenvalue weighted by Gasteiger charge is 2.17. The number of benzene rings is 1. The summed E-state index contributed by atoms with van der Waals surface area (Å²) in [5.74, 6) is -0.0842. The zero-order valence-corrected chi connectivity index (χ0v) is 10.8. The average molecular weight is 233 g/mol. The molecule has 1 aromatic carbocycles. The first-order valence-corrected chi connectivity index (χ1v) is 5.56. The van der Waals surface area contributed by atoms with Gasteiger partial charge in [-0.15, -0.1) is 0 Å². The van der Waals surface area contributed by atoms with Crippen LogP contribution in [0.4, 0.5) is 0 Å². The Morgan fingerprint density at radius 2 is 1.94 bits per heavy atom. The Morgan fingerprint density at radius 1 is 1.35 bits per heavy atom. The molecule has 0 spiro atoms. The molecule has 1 aromatic rings. The lowest BCUT2D eigenvalue weighted by Gasteiger charge is -2.15. The van der Waals surface area contributed by atoms with Crippen LogP contribution in [0, 0.1) is 6.92 Å². The van der Waals surface area contributed by atoms with E-state index in [2.05, 4.69) is 6.58 Å². The maximum absolute atomic E-state index is 11.7. The Balaban J connectivity index is 3.47. The van der Waals surface area contributed by atoms with Crippen LogP contribution in [0.25, 0.3) is 5.70 Å². The van der Waals surface area contributed by atoms with Crippen LogP contribution in [0.5, 0.6) is 0 Å². The van der Waals surface area contributed by atoms with E-state index in [0.717, 1.165) is 16.7 Å². The molecule has 3 heteroatoms. The quantitative estimate of drug-likeness (QED) is 0.817. The molecule has 0 fully saturated rings. The molecule has 2 N–H and O–H groups in total. The lowest BCUT2D eigenvalue weighted by atomic mass is 9.91. The van der Waals surface area contributed by atoms with Crippen molar-refractivity contribution in [2.45, 2.75) is 26.7 Å². The summed E-state index contributed by atoms with van der Waals surface area (Å²) < 4.78 is 4.79. The minimum atomic E-state index is -0.337. The first kappa shape index (κ1) is 13.3. The van der Waals surface area contributed by atoms with Gasteiger partial charge in [-0.3, -0.25) is 0 Å². The van der Waals surface area contributed by atoms with Gasteiger partial charge in [-0.1, -0.05) is 26.5 Å². The van der Waals surface area contributed by atoms with Crippen LogP contribution in [0.1, 0.15) is 46.8 Å². The molecule has 0 saturated carbocycles. The van der Waals surface area contributed by atoms with Gasteiger partial charge in [-0.05, 0) is 30.0 Å². The molecule has 0 aliphatic rings. The average Bonchev–Trinajstić information content (AvgIpc) is 2.26. The van der Waals surface area contributed by atoms with Crippen molar-refractivity contribution in [3.8, 4) is 0 Å². The van der Waals surface area contributed by atoms with Crippen molar-refractivity contribution < 1.29 is 9.53 Å². The van der Waals surface area contributed by atoms with E-state index in [0.29, 0.717) is 11.3 Å². The fourth-order valence-corrected chi connectivity index (χ4v) is 1.84. The maximum Gasteiger partial charge on any atom is 0.338 e. The molecule has 0 radical (unpaired) electrons. The van der Waals surface area contributed by atoms with Crippen LogP contribution >= 0.6 is 0 Å². The molecule has 0 atom stereocenters. The molecule has 0 bridgehead atoms. The third-order valence-corrected chi connectivity index (χ3v) is 2.77. The maximum atomic E-state index is 11.7. The molecule has 0 aliphatic carbocycles. The summed E-state index contributed by atoms with van der Waals surface area (Å²) in [6, 6.07) is 3.74. The predicted octanol–water partition coefficient (Wildman–Crippen LogP) is 2.83. The van der Waals surface area contributed by atoms with Gasteiger partial charge in [0, 0.05) is 11.3 Å². The number of rotatable bonds is 3. The fraction of sp³-hybridized carbons (Fsp3) is 0.357. The monoisotopic (exact) mass is 233 g/mol. The van der Waals surface area contributed by atoms with Gasteiger partial charge in [0.15, 0.2) is 0 Å². The summed E-state index contributed by atoms with van der Waals surface area (Å²) in [5.41, 5.74) is 9.52. The van der Waals surface area contributed by atoms with Crippen molar-refractivity contribution in [1.82, 2.24) is 0 Å². The van der Waals surface area contributed by atoms with Gasteiger partial charge < -0.3 is 10.5 Å².